The molecule has 1 heterocycles. The van der Waals surface area contributed by atoms with Crippen LogP contribution in [0.1, 0.15) is 38.2 Å². The molecule has 0 aromatic heterocycles. The molecule has 0 saturated carbocycles. The molecular formula is C16H24O5S. The third kappa shape index (κ3) is 5.35. The fraction of sp³-hybridized carbons (Fsp3) is 0.625. The molecule has 6 heteroatoms. The van der Waals surface area contributed by atoms with Gasteiger partial charge in [0, 0.05) is 6.61 Å². The fourth-order valence-corrected chi connectivity index (χ4v) is 3.34. The molecule has 0 spiro atoms. The molecule has 2 atom stereocenters. The molecule has 1 fully saturated rings. The van der Waals surface area contributed by atoms with E-state index < -0.39 is 16.2 Å². The summed E-state index contributed by atoms with van der Waals surface area (Å²) < 4.78 is 40.5. The second-order valence-corrected chi connectivity index (χ2v) is 7.20. The zero-order valence-electron chi connectivity index (χ0n) is 13.2. The Balaban J connectivity index is 1.77. The second-order valence-electron chi connectivity index (χ2n) is 5.63. The lowest BCUT2D eigenvalue weighted by atomic mass is 10.2. The van der Waals surface area contributed by atoms with Crippen molar-refractivity contribution in [2.75, 3.05) is 13.2 Å². The van der Waals surface area contributed by atoms with Gasteiger partial charge in [-0.05, 0) is 51.7 Å². The molecule has 1 aliphatic heterocycles. The van der Waals surface area contributed by atoms with E-state index in [0.29, 0.717) is 13.0 Å². The minimum atomic E-state index is -3.72. The second kappa shape index (κ2) is 8.06. The Morgan fingerprint density at radius 2 is 2.00 bits per heavy atom. The first-order valence-electron chi connectivity index (χ1n) is 7.70. The maximum Gasteiger partial charge on any atom is 0.297 e. The molecule has 1 aliphatic rings. The van der Waals surface area contributed by atoms with Gasteiger partial charge in [0.2, 0.25) is 0 Å². The molecule has 1 unspecified atom stereocenters. The van der Waals surface area contributed by atoms with E-state index in [1.165, 1.54) is 0 Å². The minimum Gasteiger partial charge on any atom is -0.353 e. The first kappa shape index (κ1) is 17.4. The molecule has 0 N–H and O–H groups in total. The van der Waals surface area contributed by atoms with Crippen molar-refractivity contribution in [2.24, 2.45) is 0 Å². The van der Waals surface area contributed by atoms with Gasteiger partial charge in [-0.2, -0.15) is 8.42 Å². The summed E-state index contributed by atoms with van der Waals surface area (Å²) in [6.45, 7) is 4.80. The van der Waals surface area contributed by atoms with Crippen molar-refractivity contribution in [2.45, 2.75) is 56.8 Å². The highest BCUT2D eigenvalue weighted by atomic mass is 32.2. The number of benzene rings is 1. The molecule has 2 rings (SSSR count). The SMILES string of the molecule is Cc1ccc(S(=O)(=O)OC(C)CCO[C@H]2CCCCO2)cc1. The Kier molecular flexibility index (Phi) is 6.37. The van der Waals surface area contributed by atoms with Crippen LogP contribution in [0.4, 0.5) is 0 Å². The van der Waals surface area contributed by atoms with Gasteiger partial charge in [-0.15, -0.1) is 0 Å². The van der Waals surface area contributed by atoms with Gasteiger partial charge >= 0.3 is 0 Å². The summed E-state index contributed by atoms with van der Waals surface area (Å²) in [5.74, 6) is 0. The Labute approximate surface area is 132 Å². The average molecular weight is 328 g/mol. The summed E-state index contributed by atoms with van der Waals surface area (Å²) in [6.07, 6.45) is 3.00. The molecule has 1 saturated heterocycles. The standard InChI is InChI=1S/C16H24O5S/c1-13-6-8-15(9-7-13)22(17,18)21-14(2)10-12-20-16-5-3-4-11-19-16/h6-9,14,16H,3-5,10-12H2,1-2H3/t14?,16-/m0/s1. The van der Waals surface area contributed by atoms with E-state index in [-0.39, 0.29) is 11.2 Å². The lowest BCUT2D eigenvalue weighted by Gasteiger charge is -2.23. The largest absolute Gasteiger partial charge is 0.353 e. The van der Waals surface area contributed by atoms with Crippen molar-refractivity contribution in [3.63, 3.8) is 0 Å². The quantitative estimate of drug-likeness (QED) is 0.720. The molecule has 1 aromatic carbocycles. The Bertz CT molecular complexity index is 546. The topological polar surface area (TPSA) is 61.8 Å². The van der Waals surface area contributed by atoms with Crippen molar-refractivity contribution in [1.82, 2.24) is 0 Å². The highest BCUT2D eigenvalue weighted by Crippen LogP contribution is 2.17. The van der Waals surface area contributed by atoms with Crippen molar-refractivity contribution < 1.29 is 22.1 Å². The lowest BCUT2D eigenvalue weighted by Crippen LogP contribution is -2.24. The van der Waals surface area contributed by atoms with Gasteiger partial charge in [0.15, 0.2) is 6.29 Å². The van der Waals surface area contributed by atoms with Gasteiger partial charge in [-0.1, -0.05) is 17.7 Å². The van der Waals surface area contributed by atoms with Gasteiger partial charge in [0.25, 0.3) is 10.1 Å². The van der Waals surface area contributed by atoms with E-state index >= 15 is 0 Å². The zero-order valence-corrected chi connectivity index (χ0v) is 14.0. The lowest BCUT2D eigenvalue weighted by molar-refractivity contribution is -0.164. The Hall–Kier alpha value is -0.950. The van der Waals surface area contributed by atoms with Crippen LogP contribution in [0.2, 0.25) is 0 Å². The van der Waals surface area contributed by atoms with E-state index in [1.54, 1.807) is 31.2 Å². The first-order valence-corrected chi connectivity index (χ1v) is 9.11. The molecule has 0 radical (unpaired) electrons. The van der Waals surface area contributed by atoms with Gasteiger partial charge in [-0.25, -0.2) is 0 Å². The van der Waals surface area contributed by atoms with Gasteiger partial charge in [0.05, 0.1) is 17.6 Å². The smallest absolute Gasteiger partial charge is 0.297 e. The Morgan fingerprint density at radius 3 is 2.64 bits per heavy atom. The van der Waals surface area contributed by atoms with E-state index in [2.05, 4.69) is 0 Å². The number of ether oxygens (including phenoxy) is 2. The summed E-state index contributed by atoms with van der Waals surface area (Å²) in [5, 5.41) is 0. The van der Waals surface area contributed by atoms with E-state index in [9.17, 15) is 8.42 Å². The summed E-state index contributed by atoms with van der Waals surface area (Å²) in [6, 6.07) is 6.63. The van der Waals surface area contributed by atoms with Gasteiger partial charge in [-0.3, -0.25) is 4.18 Å². The monoisotopic (exact) mass is 328 g/mol. The molecule has 0 amide bonds. The van der Waals surface area contributed by atoms with Crippen LogP contribution in [0.15, 0.2) is 29.2 Å². The maximum absolute atomic E-state index is 12.1. The molecule has 124 valence electrons. The van der Waals surface area contributed by atoms with Crippen molar-refractivity contribution in [3.05, 3.63) is 29.8 Å². The van der Waals surface area contributed by atoms with Crippen molar-refractivity contribution in [3.8, 4) is 0 Å². The highest BCUT2D eigenvalue weighted by molar-refractivity contribution is 7.86. The highest BCUT2D eigenvalue weighted by Gasteiger charge is 2.20. The van der Waals surface area contributed by atoms with Crippen molar-refractivity contribution >= 4 is 10.1 Å². The third-order valence-corrected chi connectivity index (χ3v) is 5.00. The number of rotatable bonds is 7. The average Bonchev–Trinajstić information content (AvgIpc) is 2.48. The van der Waals surface area contributed by atoms with Crippen molar-refractivity contribution in [1.29, 1.82) is 0 Å². The minimum absolute atomic E-state index is 0.158. The zero-order chi connectivity index (χ0) is 16.0. The van der Waals surface area contributed by atoms with Crippen LogP contribution in [0.25, 0.3) is 0 Å². The molecule has 22 heavy (non-hydrogen) atoms. The summed E-state index contributed by atoms with van der Waals surface area (Å²) in [7, 11) is -3.72. The normalized spacial score (nSPS) is 20.7. The predicted octanol–water partition coefficient (Wildman–Crippen LogP) is 3.02. The van der Waals surface area contributed by atoms with Crippen LogP contribution in [-0.2, 0) is 23.8 Å². The van der Waals surface area contributed by atoms with Crippen LogP contribution in [0, 0.1) is 6.92 Å². The molecular weight excluding hydrogens is 304 g/mol. The van der Waals surface area contributed by atoms with Gasteiger partial charge < -0.3 is 9.47 Å². The fourth-order valence-electron chi connectivity index (χ4n) is 2.23. The third-order valence-electron chi connectivity index (χ3n) is 3.57. The predicted molar refractivity (Wildman–Crippen MR) is 83.1 cm³/mol. The van der Waals surface area contributed by atoms with Crippen LogP contribution < -0.4 is 0 Å². The molecule has 0 aliphatic carbocycles. The molecule has 5 nitrogen and oxygen atoms in total. The van der Waals surface area contributed by atoms with Crippen LogP contribution >= 0.6 is 0 Å². The number of hydrogen-bond donors (Lipinski definition) is 0. The maximum atomic E-state index is 12.1. The molecule has 1 aromatic rings. The first-order chi connectivity index (χ1) is 10.5. The van der Waals surface area contributed by atoms with Gasteiger partial charge in [0.1, 0.15) is 0 Å². The van der Waals surface area contributed by atoms with E-state index in [0.717, 1.165) is 31.4 Å². The van der Waals surface area contributed by atoms with E-state index in [1.807, 2.05) is 6.92 Å². The molecule has 0 bridgehead atoms. The summed E-state index contributed by atoms with van der Waals surface area (Å²) in [4.78, 5) is 0.182. The summed E-state index contributed by atoms with van der Waals surface area (Å²) >= 11 is 0. The van der Waals surface area contributed by atoms with Crippen LogP contribution in [0.5, 0.6) is 0 Å². The van der Waals surface area contributed by atoms with E-state index in [4.69, 9.17) is 13.7 Å². The summed E-state index contributed by atoms with van der Waals surface area (Å²) in [5.41, 5.74) is 1.01. The van der Waals surface area contributed by atoms with Crippen LogP contribution in [0.3, 0.4) is 0 Å². The van der Waals surface area contributed by atoms with Crippen LogP contribution in [-0.4, -0.2) is 34.0 Å². The number of hydrogen-bond acceptors (Lipinski definition) is 5. The Morgan fingerprint density at radius 1 is 1.27 bits per heavy atom. The number of aryl methyl sites for hydroxylation is 1.